The maximum Gasteiger partial charge on any atom is 0.260 e. The lowest BCUT2D eigenvalue weighted by Crippen LogP contribution is -2.41. The first-order chi connectivity index (χ1) is 13.8. The molecule has 29 heavy (non-hydrogen) atoms. The summed E-state index contributed by atoms with van der Waals surface area (Å²) >= 11 is 11.9. The lowest BCUT2D eigenvalue weighted by molar-refractivity contribution is -0.136. The zero-order valence-electron chi connectivity index (χ0n) is 16.2. The number of amides is 2. The minimum Gasteiger partial charge on any atom is -0.484 e. The Morgan fingerprint density at radius 2 is 1.86 bits per heavy atom. The number of anilines is 1. The van der Waals surface area contributed by atoms with Crippen molar-refractivity contribution < 1.29 is 19.1 Å². The molecule has 154 valence electrons. The molecule has 2 amide bonds. The summed E-state index contributed by atoms with van der Waals surface area (Å²) < 4.78 is 5.51. The summed E-state index contributed by atoms with van der Waals surface area (Å²) in [5.74, 6) is -0.390. The van der Waals surface area contributed by atoms with Crippen LogP contribution in [-0.4, -0.2) is 42.2 Å². The molecule has 0 aliphatic heterocycles. The molecule has 0 atom stereocenters. The summed E-state index contributed by atoms with van der Waals surface area (Å²) in [6.07, 6.45) is 0.681. The van der Waals surface area contributed by atoms with Crippen molar-refractivity contribution in [3.05, 3.63) is 58.1 Å². The van der Waals surface area contributed by atoms with Crippen LogP contribution in [0, 0.1) is 0 Å². The Bertz CT molecular complexity index is 902. The summed E-state index contributed by atoms with van der Waals surface area (Å²) in [4.78, 5) is 37.8. The van der Waals surface area contributed by atoms with Crippen LogP contribution in [0.3, 0.4) is 0 Å². The van der Waals surface area contributed by atoms with E-state index >= 15 is 0 Å². The molecule has 1 N–H and O–H groups in total. The Hall–Kier alpha value is -2.57. The second-order valence-electron chi connectivity index (χ2n) is 6.36. The second-order valence-corrected chi connectivity index (χ2v) is 7.20. The van der Waals surface area contributed by atoms with Gasteiger partial charge in [0.1, 0.15) is 5.75 Å². The van der Waals surface area contributed by atoms with E-state index in [1.807, 2.05) is 6.92 Å². The van der Waals surface area contributed by atoms with Gasteiger partial charge >= 0.3 is 0 Å². The van der Waals surface area contributed by atoms with Crippen LogP contribution in [-0.2, 0) is 9.59 Å². The van der Waals surface area contributed by atoms with Crippen LogP contribution in [0.1, 0.15) is 30.6 Å². The maximum atomic E-state index is 12.5. The van der Waals surface area contributed by atoms with Crippen LogP contribution in [0.25, 0.3) is 0 Å². The van der Waals surface area contributed by atoms with Crippen molar-refractivity contribution >= 4 is 46.5 Å². The van der Waals surface area contributed by atoms with Crippen LogP contribution >= 0.6 is 23.2 Å². The summed E-state index contributed by atoms with van der Waals surface area (Å²) in [7, 11) is 0. The monoisotopic (exact) mass is 436 g/mol. The summed E-state index contributed by atoms with van der Waals surface area (Å²) in [5, 5.41) is 3.45. The van der Waals surface area contributed by atoms with Crippen molar-refractivity contribution in [2.24, 2.45) is 0 Å². The molecule has 8 heteroatoms. The van der Waals surface area contributed by atoms with Gasteiger partial charge in [0.05, 0.1) is 17.3 Å². The van der Waals surface area contributed by atoms with Crippen LogP contribution in [0.5, 0.6) is 5.75 Å². The highest BCUT2D eigenvalue weighted by atomic mass is 35.5. The molecule has 0 saturated carbocycles. The number of rotatable bonds is 9. The van der Waals surface area contributed by atoms with E-state index in [1.54, 1.807) is 36.4 Å². The van der Waals surface area contributed by atoms with Crippen LogP contribution in [0.2, 0.25) is 10.0 Å². The molecule has 0 radical (unpaired) electrons. The largest absolute Gasteiger partial charge is 0.484 e. The Labute approximate surface area is 179 Å². The zero-order chi connectivity index (χ0) is 21.4. The summed E-state index contributed by atoms with van der Waals surface area (Å²) in [5.41, 5.74) is 0.918. The number of nitrogens with one attached hydrogen (secondary N) is 1. The van der Waals surface area contributed by atoms with Crippen molar-refractivity contribution in [1.82, 2.24) is 4.90 Å². The minimum atomic E-state index is -0.380. The van der Waals surface area contributed by atoms with Gasteiger partial charge in [0.15, 0.2) is 12.4 Å². The Kier molecular flexibility index (Phi) is 8.49. The van der Waals surface area contributed by atoms with Crippen LogP contribution < -0.4 is 10.1 Å². The lowest BCUT2D eigenvalue weighted by Gasteiger charge is -2.22. The number of nitrogens with zero attached hydrogens (tertiary/aromatic N) is 1. The number of benzene rings is 2. The third-order valence-corrected chi connectivity index (χ3v) is 4.54. The fraction of sp³-hybridized carbons (Fsp3) is 0.286. The number of carbonyl (C=O) groups excluding carboxylic acids is 3. The first-order valence-electron chi connectivity index (χ1n) is 9.06. The number of ether oxygens (including phenoxy) is 1. The summed E-state index contributed by atoms with van der Waals surface area (Å²) in [6, 6.07) is 11.3. The number of hydrogen-bond acceptors (Lipinski definition) is 4. The highest BCUT2D eigenvalue weighted by Gasteiger charge is 2.18. The molecule has 0 spiro atoms. The molecule has 0 bridgehead atoms. The molecule has 0 heterocycles. The predicted octanol–water partition coefficient (Wildman–Crippen LogP) is 4.45. The molecule has 2 rings (SSSR count). The molecule has 2 aromatic rings. The fourth-order valence-corrected chi connectivity index (χ4v) is 3.01. The van der Waals surface area contributed by atoms with Gasteiger partial charge in [-0.25, -0.2) is 0 Å². The molecule has 0 aliphatic carbocycles. The number of carbonyl (C=O) groups is 3. The molecule has 0 aliphatic rings. The molecule has 0 fully saturated rings. The molecule has 0 saturated heterocycles. The van der Waals surface area contributed by atoms with E-state index in [0.717, 1.165) is 0 Å². The topological polar surface area (TPSA) is 75.7 Å². The predicted molar refractivity (Wildman–Crippen MR) is 114 cm³/mol. The smallest absolute Gasteiger partial charge is 0.260 e. The van der Waals surface area contributed by atoms with Gasteiger partial charge in [-0.15, -0.1) is 0 Å². The van der Waals surface area contributed by atoms with E-state index in [2.05, 4.69) is 5.32 Å². The molecule has 0 unspecified atom stereocenters. The molecular weight excluding hydrogens is 415 g/mol. The Morgan fingerprint density at radius 1 is 1.10 bits per heavy atom. The quantitative estimate of drug-likeness (QED) is 0.588. The van der Waals surface area contributed by atoms with Crippen molar-refractivity contribution in [1.29, 1.82) is 0 Å². The zero-order valence-corrected chi connectivity index (χ0v) is 17.7. The van der Waals surface area contributed by atoms with Crippen LogP contribution in [0.4, 0.5) is 5.69 Å². The Balaban J connectivity index is 1.96. The molecule has 6 nitrogen and oxygen atoms in total. The summed E-state index contributed by atoms with van der Waals surface area (Å²) in [6.45, 7) is 3.39. The average Bonchev–Trinajstić information content (AvgIpc) is 2.68. The normalized spacial score (nSPS) is 10.3. The third-order valence-electron chi connectivity index (χ3n) is 3.99. The average molecular weight is 437 g/mol. The molecule has 0 aromatic heterocycles. The van der Waals surface area contributed by atoms with Gasteiger partial charge in [-0.2, -0.15) is 0 Å². The lowest BCUT2D eigenvalue weighted by atomic mass is 10.1. The van der Waals surface area contributed by atoms with Crippen molar-refractivity contribution in [3.8, 4) is 5.75 Å². The SMILES string of the molecule is CCCN(CC(=O)Nc1ccc(Cl)cc1Cl)C(=O)COc1cccc(C(C)=O)c1. The van der Waals surface area contributed by atoms with E-state index in [-0.39, 0.29) is 30.7 Å². The van der Waals surface area contributed by atoms with Crippen molar-refractivity contribution in [2.75, 3.05) is 25.0 Å². The maximum absolute atomic E-state index is 12.5. The van der Waals surface area contributed by atoms with E-state index < -0.39 is 0 Å². The Morgan fingerprint density at radius 3 is 2.52 bits per heavy atom. The highest BCUT2D eigenvalue weighted by molar-refractivity contribution is 6.36. The number of halogens is 2. The molecule has 2 aromatic carbocycles. The number of ketones is 1. The fourth-order valence-electron chi connectivity index (χ4n) is 2.56. The van der Waals surface area contributed by atoms with Gasteiger partial charge < -0.3 is 15.0 Å². The van der Waals surface area contributed by atoms with Crippen molar-refractivity contribution in [3.63, 3.8) is 0 Å². The van der Waals surface area contributed by atoms with E-state index in [0.29, 0.717) is 40.0 Å². The van der Waals surface area contributed by atoms with Gasteiger partial charge in [0.2, 0.25) is 5.91 Å². The van der Waals surface area contributed by atoms with Gasteiger partial charge in [-0.05, 0) is 43.7 Å². The van der Waals surface area contributed by atoms with Gasteiger partial charge in [-0.3, -0.25) is 14.4 Å². The number of Topliss-reactive ketones (excluding diaryl/α,β-unsaturated/α-hetero) is 1. The van der Waals surface area contributed by atoms with Crippen molar-refractivity contribution in [2.45, 2.75) is 20.3 Å². The third kappa shape index (κ3) is 7.07. The van der Waals surface area contributed by atoms with Gasteiger partial charge in [-0.1, -0.05) is 42.3 Å². The highest BCUT2D eigenvalue weighted by Crippen LogP contribution is 2.25. The minimum absolute atomic E-state index is 0.0908. The number of hydrogen-bond donors (Lipinski definition) is 1. The second kappa shape index (κ2) is 10.8. The van der Waals surface area contributed by atoms with Gasteiger partial charge in [0, 0.05) is 17.1 Å². The van der Waals surface area contributed by atoms with Crippen LogP contribution in [0.15, 0.2) is 42.5 Å². The van der Waals surface area contributed by atoms with Gasteiger partial charge in [0.25, 0.3) is 5.91 Å². The standard InChI is InChI=1S/C21H22Cl2N2O4/c1-3-9-25(12-20(27)24-19-8-7-16(22)11-18(19)23)21(28)13-29-17-6-4-5-15(10-17)14(2)26/h4-8,10-11H,3,9,12-13H2,1-2H3,(H,24,27). The first kappa shape index (κ1) is 22.7. The molecular formula is C21H22Cl2N2O4. The first-order valence-corrected chi connectivity index (χ1v) is 9.82. The van der Waals surface area contributed by atoms with E-state index in [4.69, 9.17) is 27.9 Å². The van der Waals surface area contributed by atoms with E-state index in [1.165, 1.54) is 17.9 Å². The van der Waals surface area contributed by atoms with E-state index in [9.17, 15) is 14.4 Å².